The van der Waals surface area contributed by atoms with Crippen LogP contribution in [-0.2, 0) is 26.2 Å². The molecule has 0 radical (unpaired) electrons. The van der Waals surface area contributed by atoms with Crippen molar-refractivity contribution in [3.8, 4) is 11.5 Å². The van der Waals surface area contributed by atoms with Crippen molar-refractivity contribution in [1.29, 1.82) is 0 Å². The topological polar surface area (TPSA) is 105 Å². The van der Waals surface area contributed by atoms with Gasteiger partial charge in [-0.1, -0.05) is 29.8 Å². The highest BCUT2D eigenvalue weighted by molar-refractivity contribution is 7.92. The van der Waals surface area contributed by atoms with Crippen LogP contribution in [0.1, 0.15) is 25.0 Å². The van der Waals surface area contributed by atoms with Crippen molar-refractivity contribution in [2.45, 2.75) is 33.4 Å². The molecule has 184 valence electrons. The Morgan fingerprint density at radius 1 is 1.09 bits per heavy atom. The summed E-state index contributed by atoms with van der Waals surface area (Å²) < 4.78 is 37.4. The lowest BCUT2D eigenvalue weighted by Gasteiger charge is -2.31. The van der Waals surface area contributed by atoms with Gasteiger partial charge in [0, 0.05) is 19.2 Å². The minimum atomic E-state index is -3.82. The molecule has 2 aromatic carbocycles. The molecule has 0 unspecified atom stereocenters. The van der Waals surface area contributed by atoms with Crippen LogP contribution in [-0.4, -0.2) is 63.7 Å². The summed E-state index contributed by atoms with van der Waals surface area (Å²) in [5, 5.41) is 2.73. The van der Waals surface area contributed by atoms with Crippen LogP contribution in [0.15, 0.2) is 42.5 Å². The quantitative estimate of drug-likeness (QED) is 0.578. The normalized spacial score (nSPS) is 13.6. The number of likely N-dealkylation sites (N-methyl/N-ethyl adjacent to an activating group) is 1. The number of ether oxygens (including phenoxy) is 2. The fraction of sp³-hybridized carbons (Fsp3) is 0.417. The Morgan fingerprint density at radius 3 is 2.44 bits per heavy atom. The predicted octanol–water partition coefficient (Wildman–Crippen LogP) is 2.09. The Bertz CT molecular complexity index is 1150. The molecule has 2 amide bonds. The van der Waals surface area contributed by atoms with E-state index >= 15 is 0 Å². The molecule has 34 heavy (non-hydrogen) atoms. The number of amides is 2. The Hall–Kier alpha value is -3.27. The van der Waals surface area contributed by atoms with Gasteiger partial charge in [0.1, 0.15) is 25.8 Å². The zero-order valence-corrected chi connectivity index (χ0v) is 20.7. The SMILES string of the molecule is CCNC(=O)[C@H](C)N(Cc1cccc(C)c1)C(=O)CN(c1ccc2c(c1)OCCO2)S(C)(=O)=O. The first-order valence-corrected chi connectivity index (χ1v) is 12.9. The Kier molecular flexibility index (Phi) is 8.03. The first-order chi connectivity index (χ1) is 16.1. The van der Waals surface area contributed by atoms with E-state index in [1.54, 1.807) is 32.0 Å². The molecular formula is C24H31N3O6S. The number of nitrogens with zero attached hydrogens (tertiary/aromatic N) is 2. The van der Waals surface area contributed by atoms with E-state index in [0.29, 0.717) is 31.3 Å². The standard InChI is InChI=1S/C24H31N3O6S/c1-5-25-24(29)18(3)26(15-19-8-6-7-17(2)13-19)23(28)16-27(34(4,30)31)20-9-10-21-22(14-20)33-12-11-32-21/h6-10,13-14,18H,5,11-12,15-16H2,1-4H3,(H,25,29)/t18-/m0/s1. The average molecular weight is 490 g/mol. The number of rotatable bonds is 9. The smallest absolute Gasteiger partial charge is 0.244 e. The molecule has 2 aromatic rings. The molecule has 1 heterocycles. The summed E-state index contributed by atoms with van der Waals surface area (Å²) in [5.41, 5.74) is 2.14. The van der Waals surface area contributed by atoms with Crippen LogP contribution in [0.3, 0.4) is 0 Å². The molecular weight excluding hydrogens is 458 g/mol. The average Bonchev–Trinajstić information content (AvgIpc) is 2.79. The lowest BCUT2D eigenvalue weighted by molar-refractivity contribution is -0.139. The molecule has 0 bridgehead atoms. The van der Waals surface area contributed by atoms with E-state index in [1.807, 2.05) is 31.2 Å². The van der Waals surface area contributed by atoms with Crippen LogP contribution >= 0.6 is 0 Å². The lowest BCUT2D eigenvalue weighted by atomic mass is 10.1. The van der Waals surface area contributed by atoms with Crippen molar-refractivity contribution < 1.29 is 27.5 Å². The summed E-state index contributed by atoms with van der Waals surface area (Å²) >= 11 is 0. The first-order valence-electron chi connectivity index (χ1n) is 11.1. The van der Waals surface area contributed by atoms with E-state index in [0.717, 1.165) is 21.7 Å². The highest BCUT2D eigenvalue weighted by Crippen LogP contribution is 2.34. The summed E-state index contributed by atoms with van der Waals surface area (Å²) in [4.78, 5) is 27.5. The van der Waals surface area contributed by atoms with Crippen molar-refractivity contribution in [3.63, 3.8) is 0 Å². The van der Waals surface area contributed by atoms with Gasteiger partial charge in [0.2, 0.25) is 21.8 Å². The third-order valence-corrected chi connectivity index (χ3v) is 6.59. The van der Waals surface area contributed by atoms with Crippen LogP contribution in [0.2, 0.25) is 0 Å². The number of hydrogen-bond acceptors (Lipinski definition) is 6. The van der Waals surface area contributed by atoms with Crippen molar-refractivity contribution >= 4 is 27.5 Å². The minimum Gasteiger partial charge on any atom is -0.486 e. The number of benzene rings is 2. The fourth-order valence-electron chi connectivity index (χ4n) is 3.71. The van der Waals surface area contributed by atoms with Gasteiger partial charge in [0.05, 0.1) is 11.9 Å². The second-order valence-electron chi connectivity index (χ2n) is 8.18. The van der Waals surface area contributed by atoms with E-state index in [2.05, 4.69) is 5.32 Å². The Morgan fingerprint density at radius 2 is 1.79 bits per heavy atom. The molecule has 0 saturated carbocycles. The number of sulfonamides is 1. The molecule has 10 heteroatoms. The van der Waals surface area contributed by atoms with Crippen LogP contribution in [0.4, 0.5) is 5.69 Å². The van der Waals surface area contributed by atoms with Gasteiger partial charge in [-0.2, -0.15) is 0 Å². The zero-order valence-electron chi connectivity index (χ0n) is 19.9. The molecule has 3 rings (SSSR count). The summed E-state index contributed by atoms with van der Waals surface area (Å²) in [6, 6.07) is 11.6. The minimum absolute atomic E-state index is 0.164. The van der Waals surface area contributed by atoms with Crippen LogP contribution < -0.4 is 19.1 Å². The Balaban J connectivity index is 1.92. The molecule has 0 aromatic heterocycles. The molecule has 1 aliphatic heterocycles. The first kappa shape index (κ1) is 25.4. The number of carbonyl (C=O) groups is 2. The maximum Gasteiger partial charge on any atom is 0.244 e. The fourth-order valence-corrected chi connectivity index (χ4v) is 4.55. The van der Waals surface area contributed by atoms with Gasteiger partial charge in [-0.3, -0.25) is 13.9 Å². The van der Waals surface area contributed by atoms with E-state index in [4.69, 9.17) is 9.47 Å². The molecule has 0 fully saturated rings. The highest BCUT2D eigenvalue weighted by atomic mass is 32.2. The number of carbonyl (C=O) groups excluding carboxylic acids is 2. The molecule has 1 atom stereocenters. The van der Waals surface area contributed by atoms with Gasteiger partial charge in [0.15, 0.2) is 11.5 Å². The molecule has 1 N–H and O–H groups in total. The third-order valence-electron chi connectivity index (χ3n) is 5.45. The summed E-state index contributed by atoms with van der Waals surface area (Å²) in [5.74, 6) is 0.118. The lowest BCUT2D eigenvalue weighted by Crippen LogP contribution is -2.51. The zero-order chi connectivity index (χ0) is 24.9. The number of nitrogens with one attached hydrogen (secondary N) is 1. The van der Waals surface area contributed by atoms with Gasteiger partial charge in [-0.25, -0.2) is 8.42 Å². The van der Waals surface area contributed by atoms with Gasteiger partial charge in [-0.15, -0.1) is 0 Å². The van der Waals surface area contributed by atoms with Crippen LogP contribution in [0, 0.1) is 6.92 Å². The summed E-state index contributed by atoms with van der Waals surface area (Å²) in [6.07, 6.45) is 1.04. The summed E-state index contributed by atoms with van der Waals surface area (Å²) in [6.45, 7) is 6.25. The van der Waals surface area contributed by atoms with Gasteiger partial charge in [-0.05, 0) is 38.5 Å². The molecule has 1 aliphatic rings. The molecule has 9 nitrogen and oxygen atoms in total. The summed E-state index contributed by atoms with van der Waals surface area (Å²) in [7, 11) is -3.82. The van der Waals surface area contributed by atoms with Crippen molar-refractivity contribution in [2.24, 2.45) is 0 Å². The number of fused-ring (bicyclic) bond motifs is 1. The van der Waals surface area contributed by atoms with E-state index in [9.17, 15) is 18.0 Å². The van der Waals surface area contributed by atoms with Crippen LogP contribution in [0.5, 0.6) is 11.5 Å². The van der Waals surface area contributed by atoms with E-state index in [-0.39, 0.29) is 18.1 Å². The second-order valence-corrected chi connectivity index (χ2v) is 10.1. The van der Waals surface area contributed by atoms with Gasteiger partial charge >= 0.3 is 0 Å². The van der Waals surface area contributed by atoms with E-state index < -0.39 is 28.5 Å². The number of aryl methyl sites for hydroxylation is 1. The maximum atomic E-state index is 13.5. The molecule has 0 saturated heterocycles. The Labute approximate surface area is 200 Å². The predicted molar refractivity (Wildman–Crippen MR) is 129 cm³/mol. The molecule has 0 spiro atoms. The van der Waals surface area contributed by atoms with Gasteiger partial charge in [0.25, 0.3) is 0 Å². The number of anilines is 1. The van der Waals surface area contributed by atoms with E-state index in [1.165, 1.54) is 4.90 Å². The second kappa shape index (κ2) is 10.8. The van der Waals surface area contributed by atoms with Crippen molar-refractivity contribution in [3.05, 3.63) is 53.6 Å². The largest absolute Gasteiger partial charge is 0.486 e. The van der Waals surface area contributed by atoms with Crippen molar-refractivity contribution in [1.82, 2.24) is 10.2 Å². The monoisotopic (exact) mass is 489 g/mol. The third kappa shape index (κ3) is 6.19. The number of hydrogen-bond donors (Lipinski definition) is 1. The highest BCUT2D eigenvalue weighted by Gasteiger charge is 2.30. The maximum absolute atomic E-state index is 13.5. The molecule has 0 aliphatic carbocycles. The van der Waals surface area contributed by atoms with Gasteiger partial charge < -0.3 is 19.7 Å². The van der Waals surface area contributed by atoms with Crippen LogP contribution in [0.25, 0.3) is 0 Å². The van der Waals surface area contributed by atoms with Crippen molar-refractivity contribution in [2.75, 3.05) is 36.9 Å².